The molecule has 0 N–H and O–H groups in total. The molecule has 2 heterocycles. The summed E-state index contributed by atoms with van der Waals surface area (Å²) in [6, 6.07) is 15.0. The SMILES string of the molecule is COC(=O)CCn1c(=NC(=O)c2cc3ccccc3cc2OC)sc2cc3c(cc21)OCO3. The zero-order chi connectivity index (χ0) is 22.9. The fourth-order valence-electron chi connectivity index (χ4n) is 3.77. The van der Waals surface area contributed by atoms with E-state index in [1.54, 1.807) is 6.07 Å². The normalized spacial score (nSPS) is 13.0. The zero-order valence-corrected chi connectivity index (χ0v) is 18.8. The van der Waals surface area contributed by atoms with Crippen molar-refractivity contribution in [2.45, 2.75) is 13.0 Å². The molecule has 0 saturated heterocycles. The minimum absolute atomic E-state index is 0.136. The van der Waals surface area contributed by atoms with Gasteiger partial charge in [0.05, 0.1) is 36.4 Å². The van der Waals surface area contributed by atoms with Crippen LogP contribution in [0.25, 0.3) is 21.0 Å². The molecular weight excluding hydrogens is 444 g/mol. The number of thiazole rings is 1. The highest BCUT2D eigenvalue weighted by molar-refractivity contribution is 7.16. The van der Waals surface area contributed by atoms with Crippen molar-refractivity contribution in [3.8, 4) is 17.2 Å². The van der Waals surface area contributed by atoms with E-state index in [0.29, 0.717) is 34.2 Å². The highest BCUT2D eigenvalue weighted by Crippen LogP contribution is 2.37. The molecule has 1 aromatic heterocycles. The van der Waals surface area contributed by atoms with Gasteiger partial charge in [-0.1, -0.05) is 35.6 Å². The number of ether oxygens (including phenoxy) is 4. The van der Waals surface area contributed by atoms with Crippen LogP contribution in [0.15, 0.2) is 53.5 Å². The summed E-state index contributed by atoms with van der Waals surface area (Å²) in [6.45, 7) is 0.458. The Morgan fingerprint density at radius 2 is 1.79 bits per heavy atom. The van der Waals surface area contributed by atoms with Gasteiger partial charge in [-0.2, -0.15) is 4.99 Å². The maximum absolute atomic E-state index is 13.3. The van der Waals surface area contributed by atoms with Gasteiger partial charge in [0.25, 0.3) is 5.91 Å². The van der Waals surface area contributed by atoms with Gasteiger partial charge in [0.2, 0.25) is 6.79 Å². The Kier molecular flexibility index (Phi) is 5.47. The van der Waals surface area contributed by atoms with Crippen molar-refractivity contribution in [1.29, 1.82) is 0 Å². The lowest BCUT2D eigenvalue weighted by Crippen LogP contribution is -2.19. The molecule has 0 aliphatic carbocycles. The largest absolute Gasteiger partial charge is 0.496 e. The monoisotopic (exact) mass is 464 g/mol. The topological polar surface area (TPSA) is 88.4 Å². The van der Waals surface area contributed by atoms with Gasteiger partial charge in [0.1, 0.15) is 5.75 Å². The minimum Gasteiger partial charge on any atom is -0.496 e. The number of carbonyl (C=O) groups is 2. The quantitative estimate of drug-likeness (QED) is 0.416. The van der Waals surface area contributed by atoms with Gasteiger partial charge < -0.3 is 23.5 Å². The van der Waals surface area contributed by atoms with Crippen molar-refractivity contribution in [3.63, 3.8) is 0 Å². The summed E-state index contributed by atoms with van der Waals surface area (Å²) < 4.78 is 23.9. The zero-order valence-electron chi connectivity index (χ0n) is 18.0. The Bertz CT molecular complexity index is 1470. The number of rotatable bonds is 5. The van der Waals surface area contributed by atoms with E-state index in [1.807, 2.05) is 47.0 Å². The van der Waals surface area contributed by atoms with Crippen molar-refractivity contribution in [1.82, 2.24) is 4.57 Å². The first-order valence-electron chi connectivity index (χ1n) is 10.2. The summed E-state index contributed by atoms with van der Waals surface area (Å²) in [4.78, 5) is 29.9. The minimum atomic E-state index is -0.434. The van der Waals surface area contributed by atoms with Gasteiger partial charge in [-0.05, 0) is 22.9 Å². The summed E-state index contributed by atoms with van der Waals surface area (Å²) in [5.41, 5.74) is 1.16. The summed E-state index contributed by atoms with van der Waals surface area (Å²) in [6.07, 6.45) is 0.136. The fraction of sp³-hybridized carbons (Fsp3) is 0.208. The summed E-state index contributed by atoms with van der Waals surface area (Å²) in [7, 11) is 2.87. The third-order valence-corrected chi connectivity index (χ3v) is 6.48. The third-order valence-electron chi connectivity index (χ3n) is 5.44. The van der Waals surface area contributed by atoms with E-state index >= 15 is 0 Å². The smallest absolute Gasteiger partial charge is 0.307 e. The van der Waals surface area contributed by atoms with Crippen LogP contribution in [-0.4, -0.2) is 37.5 Å². The molecule has 1 aliphatic heterocycles. The number of methoxy groups -OCH3 is 2. The van der Waals surface area contributed by atoms with E-state index in [-0.39, 0.29) is 19.2 Å². The lowest BCUT2D eigenvalue weighted by molar-refractivity contribution is -0.140. The lowest BCUT2D eigenvalue weighted by Gasteiger charge is -2.08. The molecule has 9 heteroatoms. The lowest BCUT2D eigenvalue weighted by atomic mass is 10.1. The molecule has 0 spiro atoms. The number of aromatic nitrogens is 1. The molecular formula is C24H20N2O6S. The Labute approximate surface area is 192 Å². The maximum atomic E-state index is 13.3. The number of fused-ring (bicyclic) bond motifs is 3. The number of amides is 1. The van der Waals surface area contributed by atoms with E-state index < -0.39 is 5.91 Å². The predicted octanol–water partition coefficient (Wildman–Crippen LogP) is 3.90. The summed E-state index contributed by atoms with van der Waals surface area (Å²) in [5.74, 6) is 0.914. The molecule has 0 atom stereocenters. The van der Waals surface area contributed by atoms with Gasteiger partial charge in [0.15, 0.2) is 16.3 Å². The standard InChI is InChI=1S/C24H20N2O6S/c1-29-18-10-15-6-4-3-5-14(15)9-16(18)23(28)25-24-26(8-7-22(27)30-2)17-11-19-20(32-13-31-19)12-21(17)33-24/h3-6,9-12H,7-8,13H2,1-2H3. The number of nitrogens with zero attached hydrogens (tertiary/aromatic N) is 2. The van der Waals surface area contributed by atoms with Crippen LogP contribution in [0.3, 0.4) is 0 Å². The van der Waals surface area contributed by atoms with Crippen molar-refractivity contribution >= 4 is 44.2 Å². The molecule has 8 nitrogen and oxygen atoms in total. The van der Waals surface area contributed by atoms with Crippen molar-refractivity contribution in [2.24, 2.45) is 4.99 Å². The molecule has 0 saturated carbocycles. The van der Waals surface area contributed by atoms with E-state index in [4.69, 9.17) is 18.9 Å². The molecule has 1 aliphatic rings. The van der Waals surface area contributed by atoms with Crippen LogP contribution < -0.4 is 19.0 Å². The van der Waals surface area contributed by atoms with Gasteiger partial charge >= 0.3 is 5.97 Å². The first-order valence-corrected chi connectivity index (χ1v) is 11.0. The van der Waals surface area contributed by atoms with Crippen molar-refractivity contribution in [3.05, 3.63) is 58.9 Å². The van der Waals surface area contributed by atoms with Crippen LogP contribution in [0.1, 0.15) is 16.8 Å². The second kappa shape index (κ2) is 8.59. The number of hydrogen-bond donors (Lipinski definition) is 0. The number of aryl methyl sites for hydroxylation is 1. The summed E-state index contributed by atoms with van der Waals surface area (Å²) in [5, 5.41) is 1.88. The first-order chi connectivity index (χ1) is 16.1. The molecule has 4 aromatic rings. The van der Waals surface area contributed by atoms with E-state index in [9.17, 15) is 9.59 Å². The third kappa shape index (κ3) is 3.91. The van der Waals surface area contributed by atoms with E-state index in [1.165, 1.54) is 25.6 Å². The average molecular weight is 464 g/mol. The molecule has 0 radical (unpaired) electrons. The molecule has 5 rings (SSSR count). The first kappa shape index (κ1) is 21.0. The van der Waals surface area contributed by atoms with Crippen LogP contribution >= 0.6 is 11.3 Å². The Balaban J connectivity index is 1.64. The predicted molar refractivity (Wildman–Crippen MR) is 123 cm³/mol. The highest BCUT2D eigenvalue weighted by Gasteiger charge is 2.19. The Morgan fingerprint density at radius 3 is 2.52 bits per heavy atom. The summed E-state index contributed by atoms with van der Waals surface area (Å²) >= 11 is 1.34. The second-order valence-corrected chi connectivity index (χ2v) is 8.36. The maximum Gasteiger partial charge on any atom is 0.307 e. The molecule has 0 fully saturated rings. The Hall–Kier alpha value is -3.85. The van der Waals surface area contributed by atoms with Gasteiger partial charge in [-0.25, -0.2) is 0 Å². The van der Waals surface area contributed by atoms with Crippen molar-refractivity contribution < 1.29 is 28.5 Å². The molecule has 0 unspecified atom stereocenters. The van der Waals surface area contributed by atoms with Crippen LogP contribution in [0.4, 0.5) is 0 Å². The van der Waals surface area contributed by atoms with Crippen LogP contribution in [0.5, 0.6) is 17.2 Å². The number of carbonyl (C=O) groups excluding carboxylic acids is 2. The Morgan fingerprint density at radius 1 is 1.06 bits per heavy atom. The molecule has 0 bridgehead atoms. The number of hydrogen-bond acceptors (Lipinski definition) is 7. The fourth-order valence-corrected chi connectivity index (χ4v) is 4.83. The molecule has 1 amide bonds. The number of esters is 1. The molecule has 168 valence electrons. The van der Waals surface area contributed by atoms with E-state index in [2.05, 4.69) is 4.99 Å². The number of benzene rings is 3. The average Bonchev–Trinajstić information content (AvgIpc) is 3.43. The van der Waals surface area contributed by atoms with Gasteiger partial charge in [0, 0.05) is 18.7 Å². The van der Waals surface area contributed by atoms with Crippen LogP contribution in [-0.2, 0) is 16.1 Å². The van der Waals surface area contributed by atoms with Crippen molar-refractivity contribution in [2.75, 3.05) is 21.0 Å². The highest BCUT2D eigenvalue weighted by atomic mass is 32.1. The molecule has 33 heavy (non-hydrogen) atoms. The van der Waals surface area contributed by atoms with Crippen LogP contribution in [0, 0.1) is 0 Å². The van der Waals surface area contributed by atoms with Crippen LogP contribution in [0.2, 0.25) is 0 Å². The van der Waals surface area contributed by atoms with Gasteiger partial charge in [-0.3, -0.25) is 9.59 Å². The second-order valence-electron chi connectivity index (χ2n) is 7.35. The van der Waals surface area contributed by atoms with Gasteiger partial charge in [-0.15, -0.1) is 0 Å². The van der Waals surface area contributed by atoms with E-state index in [0.717, 1.165) is 21.0 Å². The molecule has 3 aromatic carbocycles.